The highest BCUT2D eigenvalue weighted by atomic mass is 32.2. The summed E-state index contributed by atoms with van der Waals surface area (Å²) in [5, 5.41) is 13.2. The molecule has 1 fully saturated rings. The highest BCUT2D eigenvalue weighted by Crippen LogP contribution is 2.21. The van der Waals surface area contributed by atoms with Gasteiger partial charge in [-0.15, -0.1) is 0 Å². The van der Waals surface area contributed by atoms with Crippen molar-refractivity contribution in [3.63, 3.8) is 0 Å². The molecule has 22 heavy (non-hydrogen) atoms. The first kappa shape index (κ1) is 17.3. The summed E-state index contributed by atoms with van der Waals surface area (Å²) in [5.74, 6) is 2.34. The van der Waals surface area contributed by atoms with Crippen molar-refractivity contribution in [2.24, 2.45) is 0 Å². The van der Waals surface area contributed by atoms with E-state index < -0.39 is 6.10 Å². The number of carbonyl (C=O) groups excluding carboxylic acids is 1. The van der Waals surface area contributed by atoms with Gasteiger partial charge in [-0.25, -0.2) is 0 Å². The SMILES string of the molecule is CC(CC(O)c1ccccc1)NC(=O)CN(C)C1CCSC1. The average molecular weight is 322 g/mol. The molecule has 5 heteroatoms. The van der Waals surface area contributed by atoms with Gasteiger partial charge >= 0.3 is 0 Å². The third kappa shape index (κ3) is 5.30. The van der Waals surface area contributed by atoms with Crippen molar-refractivity contribution < 1.29 is 9.90 Å². The van der Waals surface area contributed by atoms with Gasteiger partial charge in [-0.1, -0.05) is 30.3 Å². The fourth-order valence-electron chi connectivity index (χ4n) is 2.75. The first-order valence-electron chi connectivity index (χ1n) is 7.86. The van der Waals surface area contributed by atoms with E-state index in [0.29, 0.717) is 19.0 Å². The van der Waals surface area contributed by atoms with Crippen LogP contribution >= 0.6 is 11.8 Å². The minimum Gasteiger partial charge on any atom is -0.388 e. The van der Waals surface area contributed by atoms with Crippen molar-refractivity contribution in [3.8, 4) is 0 Å². The molecule has 4 nitrogen and oxygen atoms in total. The van der Waals surface area contributed by atoms with Crippen molar-refractivity contribution >= 4 is 17.7 Å². The molecule has 1 aromatic carbocycles. The van der Waals surface area contributed by atoms with Crippen LogP contribution in [0, 0.1) is 0 Å². The van der Waals surface area contributed by atoms with Crippen LogP contribution in [-0.4, -0.2) is 53.1 Å². The summed E-state index contributed by atoms with van der Waals surface area (Å²) in [6.45, 7) is 2.37. The lowest BCUT2D eigenvalue weighted by Crippen LogP contribution is -2.43. The molecule has 0 aromatic heterocycles. The summed E-state index contributed by atoms with van der Waals surface area (Å²) in [6, 6.07) is 10.0. The lowest BCUT2D eigenvalue weighted by molar-refractivity contribution is -0.123. The molecule has 0 bridgehead atoms. The molecule has 2 N–H and O–H groups in total. The minimum absolute atomic E-state index is 0.0344. The molecule has 1 saturated heterocycles. The Labute approximate surface area is 137 Å². The van der Waals surface area contributed by atoms with E-state index >= 15 is 0 Å². The van der Waals surface area contributed by atoms with Gasteiger partial charge in [0.2, 0.25) is 5.91 Å². The highest BCUT2D eigenvalue weighted by Gasteiger charge is 2.22. The average Bonchev–Trinajstić information content (AvgIpc) is 3.02. The van der Waals surface area contributed by atoms with Crippen molar-refractivity contribution in [3.05, 3.63) is 35.9 Å². The Morgan fingerprint density at radius 3 is 2.82 bits per heavy atom. The molecule has 3 unspecified atom stereocenters. The molecule has 0 spiro atoms. The lowest BCUT2D eigenvalue weighted by atomic mass is 10.0. The molecule has 2 rings (SSSR count). The molecule has 0 radical (unpaired) electrons. The molecule has 1 aliphatic rings. The van der Waals surface area contributed by atoms with Gasteiger partial charge in [0.1, 0.15) is 0 Å². The molecule has 1 aromatic rings. The molecule has 0 aliphatic carbocycles. The number of carbonyl (C=O) groups is 1. The minimum atomic E-state index is -0.541. The third-order valence-electron chi connectivity index (χ3n) is 4.09. The van der Waals surface area contributed by atoms with Crippen LogP contribution in [0.4, 0.5) is 0 Å². The van der Waals surface area contributed by atoms with Crippen molar-refractivity contribution in [1.82, 2.24) is 10.2 Å². The summed E-state index contributed by atoms with van der Waals surface area (Å²) < 4.78 is 0. The van der Waals surface area contributed by atoms with Crippen LogP contribution in [0.3, 0.4) is 0 Å². The number of aliphatic hydroxyl groups is 1. The molecule has 122 valence electrons. The van der Waals surface area contributed by atoms with Gasteiger partial charge in [-0.2, -0.15) is 11.8 Å². The Morgan fingerprint density at radius 2 is 2.18 bits per heavy atom. The third-order valence-corrected chi connectivity index (χ3v) is 5.24. The summed E-state index contributed by atoms with van der Waals surface area (Å²) in [5.41, 5.74) is 0.892. The Balaban J connectivity index is 1.73. The standard InChI is InChI=1S/C17H26N2O2S/c1-13(10-16(20)14-6-4-3-5-7-14)18-17(21)11-19(2)15-8-9-22-12-15/h3-7,13,15-16,20H,8-12H2,1-2H3,(H,18,21). The quantitative estimate of drug-likeness (QED) is 0.807. The maximum atomic E-state index is 12.1. The van der Waals surface area contributed by atoms with E-state index in [0.717, 1.165) is 17.7 Å². The zero-order valence-electron chi connectivity index (χ0n) is 13.4. The first-order chi connectivity index (χ1) is 10.6. The van der Waals surface area contributed by atoms with Crippen molar-refractivity contribution in [2.45, 2.75) is 38.0 Å². The molecular weight excluding hydrogens is 296 g/mol. The highest BCUT2D eigenvalue weighted by molar-refractivity contribution is 7.99. The van der Waals surface area contributed by atoms with Crippen LogP contribution in [0.2, 0.25) is 0 Å². The van der Waals surface area contributed by atoms with Crippen molar-refractivity contribution in [1.29, 1.82) is 0 Å². The molecule has 1 amide bonds. The van der Waals surface area contributed by atoms with Crippen LogP contribution in [0.15, 0.2) is 30.3 Å². The van der Waals surface area contributed by atoms with Crippen molar-refractivity contribution in [2.75, 3.05) is 25.1 Å². The normalized spacial score (nSPS) is 20.8. The Kier molecular flexibility index (Phi) is 6.73. The summed E-state index contributed by atoms with van der Waals surface area (Å²) in [4.78, 5) is 14.2. The summed E-state index contributed by atoms with van der Waals surface area (Å²) >= 11 is 1.95. The zero-order chi connectivity index (χ0) is 15.9. The Hall–Kier alpha value is -1.04. The fourth-order valence-corrected chi connectivity index (χ4v) is 4.05. The lowest BCUT2D eigenvalue weighted by Gasteiger charge is -2.24. The van der Waals surface area contributed by atoms with E-state index in [1.807, 2.05) is 56.1 Å². The van der Waals surface area contributed by atoms with E-state index in [9.17, 15) is 9.90 Å². The van der Waals surface area contributed by atoms with E-state index in [4.69, 9.17) is 0 Å². The van der Waals surface area contributed by atoms with Gasteiger partial charge in [0.15, 0.2) is 0 Å². The van der Waals surface area contributed by atoms with Crippen LogP contribution < -0.4 is 5.32 Å². The maximum Gasteiger partial charge on any atom is 0.234 e. The largest absolute Gasteiger partial charge is 0.388 e. The number of likely N-dealkylation sites (N-methyl/N-ethyl adjacent to an activating group) is 1. The number of rotatable bonds is 7. The number of nitrogens with zero attached hydrogens (tertiary/aromatic N) is 1. The summed E-state index contributed by atoms with van der Waals surface area (Å²) in [6.07, 6.45) is 1.15. The van der Waals surface area contributed by atoms with Gasteiger partial charge in [-0.05, 0) is 38.1 Å². The number of nitrogens with one attached hydrogen (secondary N) is 1. The number of hydrogen-bond acceptors (Lipinski definition) is 4. The van der Waals surface area contributed by atoms with Crippen LogP contribution in [0.5, 0.6) is 0 Å². The predicted octanol–water partition coefficient (Wildman–Crippen LogP) is 2.05. The predicted molar refractivity (Wildman–Crippen MR) is 92.0 cm³/mol. The second kappa shape index (κ2) is 8.56. The fraction of sp³-hybridized carbons (Fsp3) is 0.588. The maximum absolute atomic E-state index is 12.1. The van der Waals surface area contributed by atoms with E-state index in [-0.39, 0.29) is 11.9 Å². The molecule has 0 saturated carbocycles. The number of aliphatic hydroxyl groups excluding tert-OH is 1. The second-order valence-corrected chi connectivity index (χ2v) is 7.21. The molecule has 3 atom stereocenters. The number of hydrogen-bond donors (Lipinski definition) is 2. The topological polar surface area (TPSA) is 52.6 Å². The Bertz CT molecular complexity index is 463. The number of amides is 1. The van der Waals surface area contributed by atoms with E-state index in [2.05, 4.69) is 10.2 Å². The molecule has 1 heterocycles. The number of benzene rings is 1. The molecule has 1 aliphatic heterocycles. The van der Waals surface area contributed by atoms with Gasteiger partial charge < -0.3 is 10.4 Å². The smallest absolute Gasteiger partial charge is 0.234 e. The zero-order valence-corrected chi connectivity index (χ0v) is 14.2. The first-order valence-corrected chi connectivity index (χ1v) is 9.02. The van der Waals surface area contributed by atoms with Gasteiger partial charge in [0, 0.05) is 17.8 Å². The number of thioether (sulfide) groups is 1. The van der Waals surface area contributed by atoms with Gasteiger partial charge in [0.05, 0.1) is 12.6 Å². The van der Waals surface area contributed by atoms with Gasteiger partial charge in [0.25, 0.3) is 0 Å². The summed E-state index contributed by atoms with van der Waals surface area (Å²) in [7, 11) is 2.01. The Morgan fingerprint density at radius 1 is 1.45 bits per heavy atom. The van der Waals surface area contributed by atoms with E-state index in [1.165, 1.54) is 5.75 Å². The second-order valence-electron chi connectivity index (χ2n) is 6.06. The molecular formula is C17H26N2O2S. The van der Waals surface area contributed by atoms with Gasteiger partial charge in [-0.3, -0.25) is 9.69 Å². The van der Waals surface area contributed by atoms with Crippen LogP contribution in [0.25, 0.3) is 0 Å². The van der Waals surface area contributed by atoms with Crippen LogP contribution in [-0.2, 0) is 4.79 Å². The van der Waals surface area contributed by atoms with Crippen LogP contribution in [0.1, 0.15) is 31.4 Å². The monoisotopic (exact) mass is 322 g/mol. The van der Waals surface area contributed by atoms with E-state index in [1.54, 1.807) is 0 Å².